The van der Waals surface area contributed by atoms with Crippen LogP contribution >= 0.6 is 11.3 Å². The molecule has 102 heavy (non-hydrogen) atoms. The molecule has 3 aromatic carbocycles. The van der Waals surface area contributed by atoms with Gasteiger partial charge in [-0.1, -0.05) is 81.9 Å². The Kier molecular flexibility index (Phi) is 22.0. The maximum absolute atomic E-state index is 14.8. The predicted molar refractivity (Wildman–Crippen MR) is 381 cm³/mol. The molecule has 5 heterocycles. The Bertz CT molecular complexity index is 4190. The first-order valence-corrected chi connectivity index (χ1v) is 35.6. The van der Waals surface area contributed by atoms with E-state index in [2.05, 4.69) is 34.8 Å². The zero-order valence-corrected chi connectivity index (χ0v) is 59.0. The fourth-order valence-electron chi connectivity index (χ4n) is 16.9. The van der Waals surface area contributed by atoms with E-state index in [4.69, 9.17) is 31.0 Å². The quantitative estimate of drug-likeness (QED) is 0.0157. The number of benzene rings is 3. The number of urea groups is 2. The van der Waals surface area contributed by atoms with E-state index in [0.717, 1.165) is 77.0 Å². The second-order valence-electron chi connectivity index (χ2n) is 29.1. The summed E-state index contributed by atoms with van der Waals surface area (Å²) in [7, 11) is 0. The number of unbranched alkanes of at least 4 members (excludes halogenated alkanes) is 2. The Morgan fingerprint density at radius 3 is 2.23 bits per heavy atom. The minimum absolute atomic E-state index is 0.00538. The van der Waals surface area contributed by atoms with Crippen molar-refractivity contribution >= 4 is 97.7 Å². The van der Waals surface area contributed by atoms with Crippen molar-refractivity contribution in [2.45, 2.75) is 162 Å². The third kappa shape index (κ3) is 16.8. The van der Waals surface area contributed by atoms with E-state index in [1.54, 1.807) is 61.3 Å². The lowest BCUT2D eigenvalue weighted by Gasteiger charge is -2.69. The van der Waals surface area contributed by atoms with Gasteiger partial charge in [-0.15, -0.1) is 0 Å². The van der Waals surface area contributed by atoms with E-state index in [-0.39, 0.29) is 111 Å². The summed E-state index contributed by atoms with van der Waals surface area (Å²) in [5.74, 6) is -5.47. The SMILES string of the molecule is Cc1c(-c2ccc(-c3ccc4c(c3)N(C(=O)Nc3nc5ccccc5s3)CCC4)nc2C(=O)O)cnn1CC12CC3(C)CC(C)(C1)CC(OCCN(CCC(=O)O)C(=O)OCc1ccc(N(C(=O)[C@@H](NC(=O)CCCCCN4C(=O)C=CC4=O)C(C)C)[C@@H](CCCNC(N)=O)C(N)=O)cc1)(C3)C2. The zero-order chi connectivity index (χ0) is 72.8. The van der Waals surface area contributed by atoms with Crippen molar-refractivity contribution in [3.8, 4) is 22.4 Å². The van der Waals surface area contributed by atoms with Crippen LogP contribution in [0.4, 0.5) is 30.9 Å². The van der Waals surface area contributed by atoms with Gasteiger partial charge in [0.2, 0.25) is 11.8 Å². The second-order valence-corrected chi connectivity index (χ2v) is 30.1. The topological polar surface area (TPSA) is 374 Å². The highest BCUT2D eigenvalue weighted by Crippen LogP contribution is 2.72. The van der Waals surface area contributed by atoms with E-state index in [9.17, 15) is 58.2 Å². The average molecular weight is 1420 g/mol. The van der Waals surface area contributed by atoms with E-state index < -0.39 is 65.4 Å². The molecular weight excluding hydrogens is 1330 g/mol. The van der Waals surface area contributed by atoms with Crippen LogP contribution in [0, 0.1) is 29.1 Å². The molecule has 6 aliphatic rings. The minimum atomic E-state index is -1.25. The Labute approximate surface area is 594 Å². The van der Waals surface area contributed by atoms with Gasteiger partial charge in [0, 0.05) is 91.6 Å². The number of aryl methyl sites for hydroxylation is 1. The number of primary amides is 2. The molecule has 2 unspecified atom stereocenters. The maximum atomic E-state index is 14.8. The van der Waals surface area contributed by atoms with Gasteiger partial charge in [-0.05, 0) is 160 Å². The van der Waals surface area contributed by atoms with Gasteiger partial charge in [0.1, 0.15) is 18.7 Å². The van der Waals surface area contributed by atoms with Gasteiger partial charge in [0.15, 0.2) is 10.8 Å². The molecule has 28 heteroatoms. The monoisotopic (exact) mass is 1420 g/mol. The smallest absolute Gasteiger partial charge is 0.410 e. The first-order valence-electron chi connectivity index (χ1n) is 34.8. The lowest BCUT2D eigenvalue weighted by Crippen LogP contribution is -2.64. The number of carboxylic acid groups (broad SMARTS) is 2. The summed E-state index contributed by atoms with van der Waals surface area (Å²) in [6, 6.07) is 19.9. The van der Waals surface area contributed by atoms with Crippen LogP contribution in [-0.4, -0.2) is 156 Å². The summed E-state index contributed by atoms with van der Waals surface area (Å²) in [5, 5.41) is 34.3. The molecule has 0 spiro atoms. The number of nitrogens with zero attached hydrogens (tertiary/aromatic N) is 8. The summed E-state index contributed by atoms with van der Waals surface area (Å²) in [6.07, 6.45) is 11.3. The van der Waals surface area contributed by atoms with Gasteiger partial charge in [-0.25, -0.2) is 29.1 Å². The van der Waals surface area contributed by atoms with E-state index in [1.165, 1.54) is 33.3 Å². The summed E-state index contributed by atoms with van der Waals surface area (Å²) < 4.78 is 15.8. The summed E-state index contributed by atoms with van der Waals surface area (Å²) >= 11 is 1.40. The lowest BCUT2D eigenvalue weighted by atomic mass is 9.39. The second kappa shape index (κ2) is 30.6. The van der Waals surface area contributed by atoms with Crippen molar-refractivity contribution in [3.05, 3.63) is 120 Å². The number of nitrogens with one attached hydrogen (secondary N) is 3. The molecule has 12 rings (SSSR count). The largest absolute Gasteiger partial charge is 0.481 e. The van der Waals surface area contributed by atoms with Crippen molar-refractivity contribution in [1.82, 2.24) is 40.2 Å². The van der Waals surface area contributed by atoms with Gasteiger partial charge in [0.05, 0.1) is 40.7 Å². The number of anilines is 3. The molecule has 9 N–H and O–H groups in total. The lowest BCUT2D eigenvalue weighted by molar-refractivity contribution is -0.248. The van der Waals surface area contributed by atoms with E-state index in [0.29, 0.717) is 71.9 Å². The third-order valence-electron chi connectivity index (χ3n) is 20.3. The number of rotatable bonds is 31. The number of carbonyl (C=O) groups is 10. The molecule has 4 saturated carbocycles. The van der Waals surface area contributed by atoms with Crippen LogP contribution < -0.4 is 37.2 Å². The minimum Gasteiger partial charge on any atom is -0.481 e. The molecule has 0 radical (unpaired) electrons. The highest BCUT2D eigenvalue weighted by Gasteiger charge is 2.66. The Morgan fingerprint density at radius 1 is 0.804 bits per heavy atom. The number of carbonyl (C=O) groups excluding carboxylic acids is 8. The molecular formula is C74H89N13O14S. The average Bonchev–Trinajstić information content (AvgIpc) is 0.731. The third-order valence-corrected chi connectivity index (χ3v) is 21.3. The van der Waals surface area contributed by atoms with E-state index in [1.807, 2.05) is 54.1 Å². The van der Waals surface area contributed by atoms with Crippen molar-refractivity contribution in [2.24, 2.45) is 33.6 Å². The normalized spacial score (nSPS) is 20.8. The van der Waals surface area contributed by atoms with Crippen LogP contribution in [0.25, 0.3) is 32.6 Å². The molecule has 6 aromatic rings. The number of amides is 10. The first kappa shape index (κ1) is 73.1. The Morgan fingerprint density at radius 2 is 1.54 bits per heavy atom. The van der Waals surface area contributed by atoms with Crippen molar-refractivity contribution in [1.29, 1.82) is 0 Å². The van der Waals surface area contributed by atoms with Crippen molar-refractivity contribution < 1.29 is 67.6 Å². The summed E-state index contributed by atoms with van der Waals surface area (Å²) in [5.41, 5.74) is 16.3. The molecule has 540 valence electrons. The summed E-state index contributed by atoms with van der Waals surface area (Å²) in [4.78, 5) is 145. The number of aromatic nitrogens is 4. The zero-order valence-electron chi connectivity index (χ0n) is 58.2. The van der Waals surface area contributed by atoms with E-state index >= 15 is 0 Å². The number of hydrogen-bond acceptors (Lipinski definition) is 16. The van der Waals surface area contributed by atoms with Crippen LogP contribution in [0.5, 0.6) is 0 Å². The number of aliphatic carboxylic acids is 1. The molecule has 4 atom stereocenters. The standard InChI is InChI=1S/C74H89N13O14S/c1-45(2)62(81-58(88)17-7-6-10-30-85-59(89)26-27-60(85)90)65(94)87(55(64(75)93)15-11-29-77-67(76)97)50-22-18-47(19-23-50)37-100-70(99)83(32-28-61(91)92)33-34-101-74-41-71(4)38-72(5,42-74)40-73(39-71,43-74)44-86-46(3)52(36-78-86)51-24-25-53(79-63(51)66(95)96)49-21-20-48-13-12-31-84(56(48)35-49)69(98)82-68-80-54-14-8-9-16-57(54)102-68/h8-9,14,16,18-27,35-36,45,55,62H,6-7,10-13,15,17,28-34,37-44H2,1-5H3,(H2,75,93)(H,81,88)(H,91,92)(H,95,96)(H3,76,77,97)(H,80,82,98)/t55-,62-,71?,72?,73?,74?/m0/s1. The van der Waals surface area contributed by atoms with Crippen molar-refractivity contribution in [2.75, 3.05) is 54.4 Å². The van der Waals surface area contributed by atoms with Crippen molar-refractivity contribution in [3.63, 3.8) is 0 Å². The molecule has 27 nitrogen and oxygen atoms in total. The van der Waals surface area contributed by atoms with Crippen LogP contribution in [-0.2, 0) is 57.8 Å². The molecule has 4 aliphatic carbocycles. The molecule has 4 bridgehead atoms. The highest BCUT2D eigenvalue weighted by molar-refractivity contribution is 7.22. The number of para-hydroxylation sites is 1. The predicted octanol–water partition coefficient (Wildman–Crippen LogP) is 9.72. The fourth-order valence-corrected chi connectivity index (χ4v) is 17.8. The van der Waals surface area contributed by atoms with Gasteiger partial charge >= 0.3 is 30.1 Å². The van der Waals surface area contributed by atoms with Gasteiger partial charge < -0.3 is 46.7 Å². The fraction of sp³-hybridized carbons (Fsp3) is 0.473. The molecule has 3 aromatic heterocycles. The van der Waals surface area contributed by atoms with Gasteiger partial charge in [-0.3, -0.25) is 53.5 Å². The number of aromatic carboxylic acids is 1. The molecule has 2 aliphatic heterocycles. The molecule has 0 saturated heterocycles. The summed E-state index contributed by atoms with van der Waals surface area (Å²) in [6.45, 7) is 11.0. The number of ether oxygens (including phenoxy) is 2. The van der Waals surface area contributed by atoms with Crippen LogP contribution in [0.15, 0.2) is 97.2 Å². The molecule has 10 amide bonds. The Hall–Kier alpha value is -10.1. The number of imide groups is 1. The number of hydrogen-bond donors (Lipinski definition) is 7. The number of thiazole rings is 1. The Balaban J connectivity index is 0.739. The van der Waals surface area contributed by atoms with Gasteiger partial charge in [-0.2, -0.15) is 5.10 Å². The van der Waals surface area contributed by atoms with Crippen LogP contribution in [0.2, 0.25) is 0 Å². The maximum Gasteiger partial charge on any atom is 0.410 e. The number of pyridine rings is 1. The van der Waals surface area contributed by atoms with Crippen LogP contribution in [0.3, 0.4) is 0 Å². The first-order chi connectivity index (χ1) is 48.6. The highest BCUT2D eigenvalue weighted by atomic mass is 32.1. The number of fused-ring (bicyclic) bond motifs is 2. The number of nitrogens with two attached hydrogens (primary N) is 2. The van der Waals surface area contributed by atoms with Crippen LogP contribution in [0.1, 0.15) is 145 Å². The van der Waals surface area contributed by atoms with Gasteiger partial charge in [0.25, 0.3) is 17.7 Å². The molecule has 4 fully saturated rings. The number of carboxylic acids is 2.